The van der Waals surface area contributed by atoms with Gasteiger partial charge in [0.15, 0.2) is 0 Å². The van der Waals surface area contributed by atoms with Crippen molar-refractivity contribution in [3.05, 3.63) is 23.8 Å². The Balaban J connectivity index is 3.25. The smallest absolute Gasteiger partial charge is 0.261 e. The van der Waals surface area contributed by atoms with Gasteiger partial charge in [0.2, 0.25) is 0 Å². The zero-order valence-corrected chi connectivity index (χ0v) is 14.3. The van der Waals surface area contributed by atoms with Gasteiger partial charge in [-0.2, -0.15) is 0 Å². The molecule has 0 amide bonds. The van der Waals surface area contributed by atoms with E-state index in [2.05, 4.69) is 6.92 Å². The first kappa shape index (κ1) is 17.3. The van der Waals surface area contributed by atoms with Gasteiger partial charge in [0, 0.05) is 16.2 Å². The fourth-order valence-corrected chi connectivity index (χ4v) is 2.81. The summed E-state index contributed by atoms with van der Waals surface area (Å²) < 4.78 is 28.9. The van der Waals surface area contributed by atoms with Gasteiger partial charge in [0.25, 0.3) is 9.05 Å². The molecule has 114 valence electrons. The zero-order valence-electron chi connectivity index (χ0n) is 12.7. The summed E-state index contributed by atoms with van der Waals surface area (Å²) in [6.45, 7) is 10.2. The largest absolute Gasteiger partial charge is 0.490 e. The predicted molar refractivity (Wildman–Crippen MR) is 83.2 cm³/mol. The van der Waals surface area contributed by atoms with Crippen LogP contribution in [0.2, 0.25) is 0 Å². The van der Waals surface area contributed by atoms with Gasteiger partial charge in [-0.15, -0.1) is 0 Å². The van der Waals surface area contributed by atoms with Crippen LogP contribution in [0.5, 0.6) is 5.75 Å². The molecule has 0 radical (unpaired) electrons. The van der Waals surface area contributed by atoms with Crippen LogP contribution in [-0.4, -0.2) is 14.5 Å². The Morgan fingerprint density at radius 3 is 2.35 bits per heavy atom. The molecule has 1 aromatic carbocycles. The maximum absolute atomic E-state index is 11.5. The molecule has 20 heavy (non-hydrogen) atoms. The Kier molecular flexibility index (Phi) is 5.50. The van der Waals surface area contributed by atoms with E-state index in [9.17, 15) is 8.42 Å². The average molecular weight is 319 g/mol. The van der Waals surface area contributed by atoms with E-state index >= 15 is 0 Å². The van der Waals surface area contributed by atoms with Gasteiger partial charge in [-0.25, -0.2) is 8.42 Å². The molecule has 0 fully saturated rings. The van der Waals surface area contributed by atoms with Crippen molar-refractivity contribution in [2.24, 2.45) is 0 Å². The lowest BCUT2D eigenvalue weighted by Gasteiger charge is -2.25. The third-order valence-corrected chi connectivity index (χ3v) is 4.42. The van der Waals surface area contributed by atoms with Crippen molar-refractivity contribution in [1.82, 2.24) is 0 Å². The van der Waals surface area contributed by atoms with Crippen molar-refractivity contribution in [1.29, 1.82) is 0 Å². The van der Waals surface area contributed by atoms with Crippen LogP contribution in [0.4, 0.5) is 0 Å². The van der Waals surface area contributed by atoms with Crippen LogP contribution in [0.15, 0.2) is 23.1 Å². The van der Waals surface area contributed by atoms with Gasteiger partial charge < -0.3 is 4.74 Å². The lowest BCUT2D eigenvalue weighted by Crippen LogP contribution is -2.18. The number of hydrogen-bond acceptors (Lipinski definition) is 3. The predicted octanol–water partition coefficient (Wildman–Crippen LogP) is 4.48. The van der Waals surface area contributed by atoms with Crippen LogP contribution in [-0.2, 0) is 14.5 Å². The number of rotatable bonds is 5. The van der Waals surface area contributed by atoms with Crippen LogP contribution in [0.1, 0.15) is 53.0 Å². The minimum Gasteiger partial charge on any atom is -0.490 e. The Morgan fingerprint density at radius 2 is 1.90 bits per heavy atom. The molecule has 0 N–H and O–H groups in total. The van der Waals surface area contributed by atoms with Crippen molar-refractivity contribution in [3.8, 4) is 5.75 Å². The monoisotopic (exact) mass is 318 g/mol. The summed E-state index contributed by atoms with van der Waals surface area (Å²) in [6.07, 6.45) is 2.10. The van der Waals surface area contributed by atoms with Crippen LogP contribution in [0, 0.1) is 0 Å². The van der Waals surface area contributed by atoms with Crippen LogP contribution >= 0.6 is 10.7 Å². The van der Waals surface area contributed by atoms with Gasteiger partial charge in [0.05, 0.1) is 11.0 Å². The number of benzene rings is 1. The fourth-order valence-electron chi connectivity index (χ4n) is 2.03. The minimum atomic E-state index is -3.72. The minimum absolute atomic E-state index is 0.0968. The molecular weight excluding hydrogens is 296 g/mol. The van der Waals surface area contributed by atoms with E-state index in [0.717, 1.165) is 24.2 Å². The Hall–Kier alpha value is -0.740. The maximum atomic E-state index is 11.5. The summed E-state index contributed by atoms with van der Waals surface area (Å²) in [7, 11) is 1.70. The van der Waals surface area contributed by atoms with E-state index < -0.39 is 9.05 Å². The first-order valence-electron chi connectivity index (χ1n) is 6.81. The molecular formula is C15H23ClO3S. The highest BCUT2D eigenvalue weighted by atomic mass is 35.7. The van der Waals surface area contributed by atoms with E-state index in [0.29, 0.717) is 0 Å². The molecule has 0 saturated carbocycles. The average Bonchev–Trinajstić information content (AvgIpc) is 2.26. The van der Waals surface area contributed by atoms with E-state index in [4.69, 9.17) is 15.4 Å². The molecule has 0 bridgehead atoms. The number of halogens is 1. The zero-order chi connectivity index (χ0) is 15.6. The molecule has 0 aliphatic rings. The standard InChI is InChI=1S/C15H23ClO3S/c1-6-7-11(2)19-14-9-8-12(20(16,17)18)10-13(14)15(3,4)5/h8-11H,6-7H2,1-5H3. The summed E-state index contributed by atoms with van der Waals surface area (Å²) in [4.78, 5) is 0.111. The van der Waals surface area contributed by atoms with Crippen molar-refractivity contribution in [2.45, 2.75) is 63.9 Å². The molecule has 3 nitrogen and oxygen atoms in total. The number of hydrogen-bond donors (Lipinski definition) is 0. The highest BCUT2D eigenvalue weighted by Gasteiger charge is 2.23. The summed E-state index contributed by atoms with van der Waals surface area (Å²) in [6, 6.07) is 4.80. The van der Waals surface area contributed by atoms with Crippen LogP contribution in [0.3, 0.4) is 0 Å². The molecule has 0 aromatic heterocycles. The highest BCUT2D eigenvalue weighted by molar-refractivity contribution is 8.13. The highest BCUT2D eigenvalue weighted by Crippen LogP contribution is 2.34. The summed E-state index contributed by atoms with van der Waals surface area (Å²) in [5, 5.41) is 0. The molecule has 0 saturated heterocycles. The van der Waals surface area contributed by atoms with Crippen molar-refractivity contribution in [3.63, 3.8) is 0 Å². The summed E-state index contributed by atoms with van der Waals surface area (Å²) in [5.41, 5.74) is 0.626. The van der Waals surface area contributed by atoms with Gasteiger partial charge in [-0.1, -0.05) is 34.1 Å². The molecule has 1 unspecified atom stereocenters. The molecule has 1 atom stereocenters. The van der Waals surface area contributed by atoms with Crippen molar-refractivity contribution in [2.75, 3.05) is 0 Å². The third kappa shape index (κ3) is 4.67. The van der Waals surface area contributed by atoms with E-state index in [1.54, 1.807) is 12.1 Å². The fraction of sp³-hybridized carbons (Fsp3) is 0.600. The normalized spacial score (nSPS) is 14.1. The second kappa shape index (κ2) is 6.35. The van der Waals surface area contributed by atoms with E-state index in [1.807, 2.05) is 27.7 Å². The van der Waals surface area contributed by atoms with Crippen molar-refractivity contribution >= 4 is 19.7 Å². The Labute approximate surface area is 126 Å². The lowest BCUT2D eigenvalue weighted by atomic mass is 9.86. The molecule has 0 aliphatic carbocycles. The first-order chi connectivity index (χ1) is 9.05. The van der Waals surface area contributed by atoms with Gasteiger partial charge in [-0.05, 0) is 37.0 Å². The SMILES string of the molecule is CCCC(C)Oc1ccc(S(=O)(=O)Cl)cc1C(C)(C)C. The van der Waals surface area contributed by atoms with Gasteiger partial charge in [-0.3, -0.25) is 0 Å². The van der Waals surface area contributed by atoms with Crippen LogP contribution < -0.4 is 4.74 Å². The van der Waals surface area contributed by atoms with Gasteiger partial charge >= 0.3 is 0 Å². The molecule has 0 heterocycles. The van der Waals surface area contributed by atoms with Gasteiger partial charge in [0.1, 0.15) is 5.75 Å². The Morgan fingerprint density at radius 1 is 1.30 bits per heavy atom. The Bertz CT molecular complexity index is 559. The van der Waals surface area contributed by atoms with Crippen molar-refractivity contribution < 1.29 is 13.2 Å². The molecule has 0 spiro atoms. The van der Waals surface area contributed by atoms with Crippen LogP contribution in [0.25, 0.3) is 0 Å². The maximum Gasteiger partial charge on any atom is 0.261 e. The molecule has 0 aliphatic heterocycles. The second-order valence-corrected chi connectivity index (χ2v) is 8.63. The van der Waals surface area contributed by atoms with E-state index in [-0.39, 0.29) is 16.4 Å². The molecule has 1 aromatic rings. The summed E-state index contributed by atoms with van der Waals surface area (Å²) in [5.74, 6) is 0.725. The molecule has 5 heteroatoms. The third-order valence-electron chi connectivity index (χ3n) is 3.06. The lowest BCUT2D eigenvalue weighted by molar-refractivity contribution is 0.205. The molecule has 1 rings (SSSR count). The van der Waals surface area contributed by atoms with E-state index in [1.165, 1.54) is 6.07 Å². The summed E-state index contributed by atoms with van der Waals surface area (Å²) >= 11 is 0. The number of ether oxygens (including phenoxy) is 1. The second-order valence-electron chi connectivity index (χ2n) is 6.06. The quantitative estimate of drug-likeness (QED) is 0.752. The topological polar surface area (TPSA) is 43.4 Å². The first-order valence-corrected chi connectivity index (χ1v) is 9.12.